The lowest BCUT2D eigenvalue weighted by molar-refractivity contribution is -0.128. The first-order valence-electron chi connectivity index (χ1n) is 18.0. The number of pyridine rings is 1. The van der Waals surface area contributed by atoms with Crippen molar-refractivity contribution in [3.05, 3.63) is 65.2 Å². The molecule has 13 nitrogen and oxygen atoms in total. The summed E-state index contributed by atoms with van der Waals surface area (Å²) in [7, 11) is 0. The van der Waals surface area contributed by atoms with Gasteiger partial charge in [-0.2, -0.15) is 0 Å². The summed E-state index contributed by atoms with van der Waals surface area (Å²) in [6, 6.07) is 13.0. The number of hydrogen-bond acceptors (Lipinski definition) is 8. The maximum Gasteiger partial charge on any atom is 0.407 e. The number of hydrogen-bond donors (Lipinski definition) is 7. The number of nitrogens with zero attached hydrogens (tertiary/aromatic N) is 1. The summed E-state index contributed by atoms with van der Waals surface area (Å²) in [5.74, 6) is -0.343. The molecule has 0 saturated heterocycles. The van der Waals surface area contributed by atoms with E-state index in [0.29, 0.717) is 24.5 Å². The number of nitrogen functional groups attached to an aromatic ring is 1. The SMILES string of the molecule is CCCCCc1cc2c(CCCCCNC(=O)OCc3ccc(NC(=O)[C@H](CCCNC(N)=O)NC(=O)[C@@H](N)C(C)C)cc3)cccc2nc1N. The number of anilines is 2. The fourth-order valence-corrected chi connectivity index (χ4v) is 5.58. The smallest absolute Gasteiger partial charge is 0.407 e. The van der Waals surface area contributed by atoms with Gasteiger partial charge in [-0.1, -0.05) is 64.3 Å². The van der Waals surface area contributed by atoms with E-state index >= 15 is 0 Å². The maximum atomic E-state index is 13.1. The number of alkyl carbamates (subject to hydrolysis) is 1. The molecule has 0 aliphatic carbocycles. The molecule has 2 aromatic carbocycles. The number of nitrogens with one attached hydrogen (secondary N) is 4. The number of aromatic nitrogens is 1. The minimum absolute atomic E-state index is 0.0682. The van der Waals surface area contributed by atoms with Crippen LogP contribution in [0.1, 0.15) is 88.8 Å². The van der Waals surface area contributed by atoms with Gasteiger partial charge in [0.2, 0.25) is 11.8 Å². The van der Waals surface area contributed by atoms with Gasteiger partial charge in [0.1, 0.15) is 18.5 Å². The molecule has 3 rings (SSSR count). The number of ether oxygens (including phenoxy) is 1. The first kappa shape index (κ1) is 40.5. The molecule has 0 aliphatic heterocycles. The molecule has 51 heavy (non-hydrogen) atoms. The number of benzene rings is 2. The van der Waals surface area contributed by atoms with Crippen LogP contribution in [0.4, 0.5) is 21.1 Å². The Kier molecular flexibility index (Phi) is 17.0. The van der Waals surface area contributed by atoms with Gasteiger partial charge in [0.05, 0.1) is 11.6 Å². The number of fused-ring (bicyclic) bond motifs is 1. The molecule has 278 valence electrons. The minimum atomic E-state index is -0.868. The lowest BCUT2D eigenvalue weighted by Gasteiger charge is -2.22. The van der Waals surface area contributed by atoms with Crippen molar-refractivity contribution in [2.24, 2.45) is 17.4 Å². The molecule has 0 fully saturated rings. The number of urea groups is 1. The van der Waals surface area contributed by atoms with E-state index in [9.17, 15) is 19.2 Å². The lowest BCUT2D eigenvalue weighted by atomic mass is 9.99. The van der Waals surface area contributed by atoms with E-state index in [0.717, 1.165) is 55.2 Å². The van der Waals surface area contributed by atoms with Crippen molar-refractivity contribution in [2.75, 3.05) is 24.1 Å². The van der Waals surface area contributed by atoms with E-state index < -0.39 is 36.0 Å². The fourth-order valence-electron chi connectivity index (χ4n) is 5.58. The summed E-state index contributed by atoms with van der Waals surface area (Å²) in [6.07, 6.45) is 8.27. The first-order chi connectivity index (χ1) is 24.5. The van der Waals surface area contributed by atoms with Crippen molar-refractivity contribution in [3.63, 3.8) is 0 Å². The number of nitrogens with two attached hydrogens (primary N) is 3. The predicted molar refractivity (Wildman–Crippen MR) is 202 cm³/mol. The number of primary amides is 1. The molecule has 0 saturated carbocycles. The molecule has 0 spiro atoms. The average molecular weight is 705 g/mol. The standard InChI is InChI=1S/C38H56N8O5/c1-4-5-7-13-28-23-30-27(14-10-15-31(30)45-34(28)40)12-8-6-9-21-43-38(50)51-24-26-17-19-29(20-18-26)44-35(47)32(16-11-22-42-37(41)49)46-36(48)33(39)25(2)3/h10,14-15,17-20,23,25,32-33H,4-9,11-13,16,21-22,24,39H2,1-3H3,(H2,40,45)(H,43,50)(H,44,47)(H,46,48)(H3,41,42,49)/t32-,33-/m0/s1. The summed E-state index contributed by atoms with van der Waals surface area (Å²) < 4.78 is 5.37. The molecule has 5 amide bonds. The number of rotatable bonds is 21. The summed E-state index contributed by atoms with van der Waals surface area (Å²) >= 11 is 0. The van der Waals surface area contributed by atoms with Crippen molar-refractivity contribution < 1.29 is 23.9 Å². The minimum Gasteiger partial charge on any atom is -0.445 e. The van der Waals surface area contributed by atoms with Crippen molar-refractivity contribution in [1.29, 1.82) is 0 Å². The van der Waals surface area contributed by atoms with E-state index in [1.165, 1.54) is 23.8 Å². The number of carbonyl (C=O) groups is 4. The van der Waals surface area contributed by atoms with E-state index in [-0.39, 0.29) is 25.5 Å². The van der Waals surface area contributed by atoms with Gasteiger partial charge in [-0.25, -0.2) is 14.6 Å². The Morgan fingerprint density at radius 2 is 1.55 bits per heavy atom. The van der Waals surface area contributed by atoms with Gasteiger partial charge in [-0.05, 0) is 91.8 Å². The van der Waals surface area contributed by atoms with Crippen LogP contribution >= 0.6 is 0 Å². The lowest BCUT2D eigenvalue weighted by Crippen LogP contribution is -2.51. The highest BCUT2D eigenvalue weighted by atomic mass is 16.5. The van der Waals surface area contributed by atoms with Crippen LogP contribution in [0.3, 0.4) is 0 Å². The van der Waals surface area contributed by atoms with E-state index in [1.54, 1.807) is 24.3 Å². The Morgan fingerprint density at radius 3 is 2.25 bits per heavy atom. The van der Waals surface area contributed by atoms with Crippen molar-refractivity contribution in [2.45, 2.75) is 104 Å². The molecular formula is C38H56N8O5. The summed E-state index contributed by atoms with van der Waals surface area (Å²) in [5.41, 5.74) is 21.9. The third kappa shape index (κ3) is 14.1. The Labute approximate surface area is 301 Å². The van der Waals surface area contributed by atoms with Crippen molar-refractivity contribution in [3.8, 4) is 0 Å². The number of amides is 5. The molecule has 0 aliphatic rings. The fraction of sp³-hybridized carbons (Fsp3) is 0.500. The van der Waals surface area contributed by atoms with Gasteiger partial charge in [0, 0.05) is 24.2 Å². The Hall–Kier alpha value is -4.91. The van der Waals surface area contributed by atoms with Gasteiger partial charge in [-0.15, -0.1) is 0 Å². The topological polar surface area (TPSA) is 217 Å². The third-order valence-electron chi connectivity index (χ3n) is 8.72. The highest BCUT2D eigenvalue weighted by Gasteiger charge is 2.25. The zero-order chi connectivity index (χ0) is 37.2. The maximum absolute atomic E-state index is 13.1. The molecule has 10 N–H and O–H groups in total. The Balaban J connectivity index is 1.39. The molecule has 3 aromatic rings. The van der Waals surface area contributed by atoms with Crippen molar-refractivity contribution >= 4 is 46.3 Å². The quantitative estimate of drug-likeness (QED) is 0.0743. The van der Waals surface area contributed by atoms with Crippen LogP contribution in [0.2, 0.25) is 0 Å². The average Bonchev–Trinajstić information content (AvgIpc) is 3.10. The van der Waals surface area contributed by atoms with Crippen LogP contribution in [0.15, 0.2) is 48.5 Å². The number of aryl methyl sites for hydroxylation is 2. The monoisotopic (exact) mass is 704 g/mol. The molecule has 13 heteroatoms. The van der Waals surface area contributed by atoms with Gasteiger partial charge >= 0.3 is 12.1 Å². The molecular weight excluding hydrogens is 648 g/mol. The summed E-state index contributed by atoms with van der Waals surface area (Å²) in [6.45, 7) is 6.67. The zero-order valence-corrected chi connectivity index (χ0v) is 30.3. The van der Waals surface area contributed by atoms with Crippen LogP contribution in [0, 0.1) is 5.92 Å². The van der Waals surface area contributed by atoms with Crippen molar-refractivity contribution in [1.82, 2.24) is 20.9 Å². The first-order valence-corrected chi connectivity index (χ1v) is 18.0. The largest absolute Gasteiger partial charge is 0.445 e. The van der Waals surface area contributed by atoms with E-state index in [1.807, 2.05) is 26.0 Å². The second-order valence-corrected chi connectivity index (χ2v) is 13.2. The van der Waals surface area contributed by atoms with Gasteiger partial charge in [0.25, 0.3) is 0 Å². The summed E-state index contributed by atoms with van der Waals surface area (Å²) in [5, 5.41) is 12.0. The number of unbranched alkanes of at least 4 members (excludes halogenated alkanes) is 4. The van der Waals surface area contributed by atoms with Crippen LogP contribution < -0.4 is 38.5 Å². The highest BCUT2D eigenvalue weighted by Crippen LogP contribution is 2.25. The van der Waals surface area contributed by atoms with E-state index in [4.69, 9.17) is 21.9 Å². The molecule has 0 radical (unpaired) electrons. The second-order valence-electron chi connectivity index (χ2n) is 13.2. The highest BCUT2D eigenvalue weighted by molar-refractivity contribution is 5.97. The van der Waals surface area contributed by atoms with Gasteiger partial charge in [-0.3, -0.25) is 9.59 Å². The van der Waals surface area contributed by atoms with E-state index in [2.05, 4.69) is 45.3 Å². The Morgan fingerprint density at radius 1 is 0.843 bits per heavy atom. The molecule has 1 aromatic heterocycles. The predicted octanol–water partition coefficient (Wildman–Crippen LogP) is 5.04. The number of carbonyl (C=O) groups excluding carboxylic acids is 4. The molecule has 2 atom stereocenters. The van der Waals surface area contributed by atoms with Crippen LogP contribution in [0.25, 0.3) is 10.9 Å². The third-order valence-corrected chi connectivity index (χ3v) is 8.72. The molecule has 1 heterocycles. The molecule has 0 bridgehead atoms. The van der Waals surface area contributed by atoms with Crippen LogP contribution in [-0.2, 0) is 33.8 Å². The second kappa shape index (κ2) is 21.3. The van der Waals surface area contributed by atoms with Crippen LogP contribution in [0.5, 0.6) is 0 Å². The van der Waals surface area contributed by atoms with Gasteiger partial charge < -0.3 is 43.2 Å². The normalized spacial score (nSPS) is 12.3. The molecule has 0 unspecified atom stereocenters. The summed E-state index contributed by atoms with van der Waals surface area (Å²) in [4.78, 5) is 53.6. The van der Waals surface area contributed by atoms with Gasteiger partial charge in [0.15, 0.2) is 0 Å². The Bertz CT molecular complexity index is 1580. The zero-order valence-electron chi connectivity index (χ0n) is 30.3. The van der Waals surface area contributed by atoms with Crippen LogP contribution in [-0.4, -0.2) is 54.1 Å².